The number of carbonyl (C=O) groups excluding carboxylic acids is 1. The summed E-state index contributed by atoms with van der Waals surface area (Å²) in [6.07, 6.45) is 0.739. The first-order valence-electron chi connectivity index (χ1n) is 9.14. The second-order valence-electron chi connectivity index (χ2n) is 7.93. The van der Waals surface area contributed by atoms with Crippen LogP contribution in [0.15, 0.2) is 53.4 Å². The van der Waals surface area contributed by atoms with E-state index < -0.39 is 21.7 Å². The van der Waals surface area contributed by atoms with E-state index in [1.165, 1.54) is 0 Å². The number of amides is 1. The normalized spacial score (nSPS) is 12.2. The van der Waals surface area contributed by atoms with Gasteiger partial charge in [-0.1, -0.05) is 44.2 Å². The molecular formula is C21H27FN2O3S. The lowest BCUT2D eigenvalue weighted by Crippen LogP contribution is -2.36. The summed E-state index contributed by atoms with van der Waals surface area (Å²) in [5.74, 6) is -1.40. The van der Waals surface area contributed by atoms with Gasteiger partial charge >= 0.3 is 0 Å². The molecule has 2 aromatic rings. The smallest absolute Gasteiger partial charge is 0.254 e. The summed E-state index contributed by atoms with van der Waals surface area (Å²) in [5, 5.41) is 2.73. The molecule has 2 N–H and O–H groups in total. The van der Waals surface area contributed by atoms with Gasteiger partial charge < -0.3 is 5.32 Å². The molecule has 0 atom stereocenters. The fourth-order valence-electron chi connectivity index (χ4n) is 2.85. The maximum atomic E-state index is 14.2. The summed E-state index contributed by atoms with van der Waals surface area (Å²) < 4.78 is 41.2. The van der Waals surface area contributed by atoms with Crippen molar-refractivity contribution in [2.24, 2.45) is 5.41 Å². The van der Waals surface area contributed by atoms with Crippen LogP contribution in [0.4, 0.5) is 4.39 Å². The van der Waals surface area contributed by atoms with Crippen LogP contribution >= 0.6 is 0 Å². The Hall–Kier alpha value is -2.25. The number of nitrogens with one attached hydrogen (secondary N) is 2. The van der Waals surface area contributed by atoms with Gasteiger partial charge in [-0.15, -0.1) is 0 Å². The fraction of sp³-hybridized carbons (Fsp3) is 0.381. The van der Waals surface area contributed by atoms with Gasteiger partial charge in [0, 0.05) is 12.6 Å². The summed E-state index contributed by atoms with van der Waals surface area (Å²) in [5.41, 5.74) is 0.596. The van der Waals surface area contributed by atoms with Crippen LogP contribution in [0.3, 0.4) is 0 Å². The maximum Gasteiger partial charge on any atom is 0.254 e. The van der Waals surface area contributed by atoms with Crippen molar-refractivity contribution in [2.75, 3.05) is 6.54 Å². The minimum Gasteiger partial charge on any atom is -0.351 e. The predicted octanol–water partition coefficient (Wildman–Crippen LogP) is 3.51. The van der Waals surface area contributed by atoms with Crippen molar-refractivity contribution in [3.8, 4) is 0 Å². The van der Waals surface area contributed by atoms with Crippen LogP contribution in [0.25, 0.3) is 0 Å². The second-order valence-corrected chi connectivity index (χ2v) is 9.64. The molecule has 0 bridgehead atoms. The standard InChI is InChI=1S/C21H27FN2O3S/c1-15(2)24-28(26,27)17-10-11-19(22)18(12-17)20(25)23-14-21(3,4)13-16-8-6-5-7-9-16/h5-12,15,24H,13-14H2,1-4H3,(H,23,25). The molecule has 5 nitrogen and oxygen atoms in total. The Morgan fingerprint density at radius 2 is 1.75 bits per heavy atom. The third-order valence-corrected chi connectivity index (χ3v) is 5.79. The van der Waals surface area contributed by atoms with Gasteiger partial charge in [0.25, 0.3) is 5.91 Å². The number of halogens is 1. The Kier molecular flexibility index (Phi) is 6.96. The summed E-state index contributed by atoms with van der Waals surface area (Å²) in [6.45, 7) is 7.70. The molecule has 0 aliphatic rings. The number of sulfonamides is 1. The van der Waals surface area contributed by atoms with Gasteiger partial charge in [0.15, 0.2) is 0 Å². The second kappa shape index (κ2) is 8.84. The van der Waals surface area contributed by atoms with Crippen molar-refractivity contribution >= 4 is 15.9 Å². The summed E-state index contributed by atoms with van der Waals surface area (Å²) in [7, 11) is -3.81. The molecule has 0 aliphatic carbocycles. The van der Waals surface area contributed by atoms with Crippen LogP contribution in [0.5, 0.6) is 0 Å². The van der Waals surface area contributed by atoms with Gasteiger partial charge in [0.05, 0.1) is 10.5 Å². The number of rotatable bonds is 8. The Balaban J connectivity index is 2.12. The SMILES string of the molecule is CC(C)NS(=O)(=O)c1ccc(F)c(C(=O)NCC(C)(C)Cc2ccccc2)c1. The third kappa shape index (κ3) is 6.14. The molecule has 2 rings (SSSR count). The molecule has 0 fully saturated rings. The summed E-state index contributed by atoms with van der Waals surface area (Å²) >= 11 is 0. The molecule has 0 saturated carbocycles. The highest BCUT2D eigenvalue weighted by molar-refractivity contribution is 7.89. The average molecular weight is 407 g/mol. The van der Waals surface area contributed by atoms with E-state index in [1.54, 1.807) is 13.8 Å². The monoisotopic (exact) mass is 406 g/mol. The number of benzene rings is 2. The lowest BCUT2D eigenvalue weighted by atomic mass is 9.85. The zero-order valence-electron chi connectivity index (χ0n) is 16.6. The Bertz CT molecular complexity index is 926. The third-order valence-electron chi connectivity index (χ3n) is 4.14. The lowest BCUT2D eigenvalue weighted by Gasteiger charge is -2.25. The van der Waals surface area contributed by atoms with E-state index in [9.17, 15) is 17.6 Å². The van der Waals surface area contributed by atoms with E-state index in [-0.39, 0.29) is 21.9 Å². The van der Waals surface area contributed by atoms with Crippen molar-refractivity contribution in [1.29, 1.82) is 0 Å². The number of hydrogen-bond donors (Lipinski definition) is 2. The molecule has 2 aromatic carbocycles. The first-order valence-corrected chi connectivity index (χ1v) is 10.6. The average Bonchev–Trinajstić information content (AvgIpc) is 2.59. The lowest BCUT2D eigenvalue weighted by molar-refractivity contribution is 0.0932. The molecule has 0 aliphatic heterocycles. The van der Waals surface area contributed by atoms with Crippen molar-refractivity contribution in [3.63, 3.8) is 0 Å². The molecular weight excluding hydrogens is 379 g/mol. The van der Waals surface area contributed by atoms with Crippen LogP contribution < -0.4 is 10.0 Å². The van der Waals surface area contributed by atoms with Gasteiger partial charge in [-0.3, -0.25) is 4.79 Å². The number of hydrogen-bond acceptors (Lipinski definition) is 3. The largest absolute Gasteiger partial charge is 0.351 e. The maximum absolute atomic E-state index is 14.2. The van der Waals surface area contributed by atoms with Gasteiger partial charge in [-0.05, 0) is 49.4 Å². The quantitative estimate of drug-likeness (QED) is 0.704. The van der Waals surface area contributed by atoms with Crippen molar-refractivity contribution in [1.82, 2.24) is 10.0 Å². The summed E-state index contributed by atoms with van der Waals surface area (Å²) in [4.78, 5) is 12.4. The molecule has 0 heterocycles. The molecule has 0 unspecified atom stereocenters. The fourth-order valence-corrected chi connectivity index (χ4v) is 4.13. The minimum absolute atomic E-state index is 0.142. The minimum atomic E-state index is -3.81. The highest BCUT2D eigenvalue weighted by Gasteiger charge is 2.23. The Morgan fingerprint density at radius 3 is 2.36 bits per heavy atom. The van der Waals surface area contributed by atoms with E-state index >= 15 is 0 Å². The molecule has 28 heavy (non-hydrogen) atoms. The van der Waals surface area contributed by atoms with Crippen molar-refractivity contribution < 1.29 is 17.6 Å². The van der Waals surface area contributed by atoms with E-state index in [0.717, 1.165) is 30.2 Å². The van der Waals surface area contributed by atoms with Crippen molar-refractivity contribution in [2.45, 2.75) is 45.1 Å². The van der Waals surface area contributed by atoms with Gasteiger partial charge in [0.2, 0.25) is 10.0 Å². The molecule has 0 spiro atoms. The first-order chi connectivity index (χ1) is 13.0. The van der Waals surface area contributed by atoms with Crippen LogP contribution in [-0.4, -0.2) is 26.9 Å². The molecule has 1 amide bonds. The molecule has 0 aromatic heterocycles. The Morgan fingerprint density at radius 1 is 1.11 bits per heavy atom. The van der Waals surface area contributed by atoms with E-state index in [2.05, 4.69) is 10.0 Å². The molecule has 152 valence electrons. The number of carbonyl (C=O) groups is 1. The van der Waals surface area contributed by atoms with Crippen LogP contribution in [0.2, 0.25) is 0 Å². The molecule has 0 saturated heterocycles. The van der Waals surface area contributed by atoms with E-state index in [4.69, 9.17) is 0 Å². The summed E-state index contributed by atoms with van der Waals surface area (Å²) in [6, 6.07) is 12.8. The highest BCUT2D eigenvalue weighted by Crippen LogP contribution is 2.21. The Labute approximate surface area is 166 Å². The molecule has 0 radical (unpaired) electrons. The zero-order chi connectivity index (χ0) is 20.9. The van der Waals surface area contributed by atoms with Crippen molar-refractivity contribution in [3.05, 3.63) is 65.5 Å². The topological polar surface area (TPSA) is 75.3 Å². The highest BCUT2D eigenvalue weighted by atomic mass is 32.2. The zero-order valence-corrected chi connectivity index (χ0v) is 17.4. The van der Waals surface area contributed by atoms with Gasteiger partial charge in [0.1, 0.15) is 5.82 Å². The van der Waals surface area contributed by atoms with Crippen LogP contribution in [-0.2, 0) is 16.4 Å². The predicted molar refractivity (Wildman–Crippen MR) is 108 cm³/mol. The van der Waals surface area contributed by atoms with Crippen LogP contribution in [0, 0.1) is 11.2 Å². The van der Waals surface area contributed by atoms with E-state index in [0.29, 0.717) is 6.54 Å². The first kappa shape index (κ1) is 22.0. The van der Waals surface area contributed by atoms with Crippen LogP contribution in [0.1, 0.15) is 43.6 Å². The van der Waals surface area contributed by atoms with E-state index in [1.807, 2.05) is 44.2 Å². The van der Waals surface area contributed by atoms with Gasteiger partial charge in [-0.2, -0.15) is 0 Å². The van der Waals surface area contributed by atoms with Gasteiger partial charge in [-0.25, -0.2) is 17.5 Å². The molecule has 7 heteroatoms.